The van der Waals surface area contributed by atoms with E-state index in [-0.39, 0.29) is 0 Å². The molecule has 1 heterocycles. The zero-order chi connectivity index (χ0) is 13.4. The van der Waals surface area contributed by atoms with E-state index in [0.29, 0.717) is 5.92 Å². The molecule has 1 aromatic heterocycles. The fourth-order valence-electron chi connectivity index (χ4n) is 1.68. The number of nitrogens with one attached hydrogen (secondary N) is 1. The average molecular weight is 270 g/mol. The van der Waals surface area contributed by atoms with E-state index < -0.39 is 0 Å². The van der Waals surface area contributed by atoms with E-state index in [0.717, 1.165) is 32.8 Å². The molecule has 0 atom stereocenters. The molecule has 0 aromatic carbocycles. The lowest BCUT2D eigenvalue weighted by molar-refractivity contribution is 0.159. The fourth-order valence-corrected chi connectivity index (χ4v) is 2.75. The molecule has 1 rings (SSSR count). The quantitative estimate of drug-likeness (QED) is 0.746. The third-order valence-corrected chi connectivity index (χ3v) is 3.74. The molecule has 0 aliphatic heterocycles. The molecule has 3 nitrogen and oxygen atoms in total. The van der Waals surface area contributed by atoms with E-state index >= 15 is 0 Å². The first-order valence-corrected chi connectivity index (χ1v) is 7.39. The molecule has 0 saturated carbocycles. The normalized spacial score (nSPS) is 11.7. The van der Waals surface area contributed by atoms with Crippen molar-refractivity contribution in [2.24, 2.45) is 5.92 Å². The van der Waals surface area contributed by atoms with Crippen molar-refractivity contribution in [1.29, 1.82) is 0 Å². The highest BCUT2D eigenvalue weighted by Gasteiger charge is 2.04. The SMILES string of the molecule is COCCN(C)Cc1ccc(CNCC(C)C)s1. The molecule has 0 spiro atoms. The summed E-state index contributed by atoms with van der Waals surface area (Å²) in [7, 11) is 3.88. The van der Waals surface area contributed by atoms with Crippen molar-refractivity contribution in [3.63, 3.8) is 0 Å². The van der Waals surface area contributed by atoms with E-state index in [9.17, 15) is 0 Å². The van der Waals surface area contributed by atoms with Crippen LogP contribution in [0.25, 0.3) is 0 Å². The maximum Gasteiger partial charge on any atom is 0.0589 e. The molecule has 0 saturated heterocycles. The van der Waals surface area contributed by atoms with Crippen molar-refractivity contribution in [3.05, 3.63) is 21.9 Å². The number of hydrogen-bond donors (Lipinski definition) is 1. The number of ether oxygens (including phenoxy) is 1. The minimum Gasteiger partial charge on any atom is -0.383 e. The van der Waals surface area contributed by atoms with Crippen molar-refractivity contribution >= 4 is 11.3 Å². The largest absolute Gasteiger partial charge is 0.383 e. The van der Waals surface area contributed by atoms with Gasteiger partial charge in [0.2, 0.25) is 0 Å². The van der Waals surface area contributed by atoms with Gasteiger partial charge in [-0.3, -0.25) is 4.90 Å². The second kappa shape index (κ2) is 8.64. The van der Waals surface area contributed by atoms with Gasteiger partial charge in [0.25, 0.3) is 0 Å². The standard InChI is InChI=1S/C14H26N2OS/c1-12(2)9-15-10-13-5-6-14(18-13)11-16(3)7-8-17-4/h5-6,12,15H,7-11H2,1-4H3. The average Bonchev–Trinajstić information content (AvgIpc) is 2.73. The highest BCUT2D eigenvalue weighted by molar-refractivity contribution is 7.11. The summed E-state index contributed by atoms with van der Waals surface area (Å²) in [6.45, 7) is 9.33. The summed E-state index contributed by atoms with van der Waals surface area (Å²) in [6.07, 6.45) is 0. The van der Waals surface area contributed by atoms with Crippen LogP contribution in [0.1, 0.15) is 23.6 Å². The second-order valence-electron chi connectivity index (χ2n) is 5.12. The third kappa shape index (κ3) is 6.50. The molecule has 104 valence electrons. The van der Waals surface area contributed by atoms with Crippen LogP contribution in [0.2, 0.25) is 0 Å². The number of rotatable bonds is 9. The Bertz CT molecular complexity index is 325. The second-order valence-corrected chi connectivity index (χ2v) is 6.38. The smallest absolute Gasteiger partial charge is 0.0589 e. The maximum atomic E-state index is 5.08. The number of thiophene rings is 1. The van der Waals surface area contributed by atoms with Crippen molar-refractivity contribution in [2.45, 2.75) is 26.9 Å². The molecule has 1 N–H and O–H groups in total. The van der Waals surface area contributed by atoms with Crippen LogP contribution in [0, 0.1) is 5.92 Å². The molecular weight excluding hydrogens is 244 g/mol. The van der Waals surface area contributed by atoms with Gasteiger partial charge in [-0.2, -0.15) is 0 Å². The van der Waals surface area contributed by atoms with Gasteiger partial charge in [-0.25, -0.2) is 0 Å². The first-order valence-electron chi connectivity index (χ1n) is 6.57. The Hall–Kier alpha value is -0.420. The minimum atomic E-state index is 0.713. The highest BCUT2D eigenvalue weighted by Crippen LogP contribution is 2.17. The van der Waals surface area contributed by atoms with Gasteiger partial charge in [0.15, 0.2) is 0 Å². The summed E-state index contributed by atoms with van der Waals surface area (Å²) >= 11 is 1.90. The van der Waals surface area contributed by atoms with E-state index in [1.807, 2.05) is 11.3 Å². The van der Waals surface area contributed by atoms with Gasteiger partial charge in [0.05, 0.1) is 6.61 Å². The molecule has 18 heavy (non-hydrogen) atoms. The van der Waals surface area contributed by atoms with Gasteiger partial charge >= 0.3 is 0 Å². The third-order valence-electron chi connectivity index (χ3n) is 2.67. The first-order chi connectivity index (χ1) is 8.61. The molecule has 0 aliphatic rings. The summed E-state index contributed by atoms with van der Waals surface area (Å²) < 4.78 is 5.08. The lowest BCUT2D eigenvalue weighted by Crippen LogP contribution is -2.21. The monoisotopic (exact) mass is 270 g/mol. The topological polar surface area (TPSA) is 24.5 Å². The lowest BCUT2D eigenvalue weighted by Gasteiger charge is -2.14. The molecule has 0 bridgehead atoms. The Kier molecular flexibility index (Phi) is 7.51. The van der Waals surface area contributed by atoms with Gasteiger partial charge in [0.1, 0.15) is 0 Å². The van der Waals surface area contributed by atoms with Crippen molar-refractivity contribution in [2.75, 3.05) is 33.9 Å². The summed E-state index contributed by atoms with van der Waals surface area (Å²) in [5.41, 5.74) is 0. The summed E-state index contributed by atoms with van der Waals surface area (Å²) in [4.78, 5) is 5.14. The maximum absolute atomic E-state index is 5.08. The highest BCUT2D eigenvalue weighted by atomic mass is 32.1. The first kappa shape index (κ1) is 15.6. The lowest BCUT2D eigenvalue weighted by atomic mass is 10.2. The van der Waals surface area contributed by atoms with Crippen LogP contribution in [0.4, 0.5) is 0 Å². The molecular formula is C14H26N2OS. The Labute approximate surface area is 115 Å². The van der Waals surface area contributed by atoms with Gasteiger partial charge in [-0.05, 0) is 31.6 Å². The number of likely N-dealkylation sites (N-methyl/N-ethyl adjacent to an activating group) is 1. The Balaban J connectivity index is 2.29. The predicted molar refractivity (Wildman–Crippen MR) is 79.1 cm³/mol. The van der Waals surface area contributed by atoms with E-state index in [1.165, 1.54) is 9.75 Å². The molecule has 0 radical (unpaired) electrons. The Morgan fingerprint density at radius 3 is 2.72 bits per heavy atom. The zero-order valence-electron chi connectivity index (χ0n) is 12.0. The van der Waals surface area contributed by atoms with Crippen LogP contribution in [0.15, 0.2) is 12.1 Å². The van der Waals surface area contributed by atoms with Crippen LogP contribution in [-0.2, 0) is 17.8 Å². The van der Waals surface area contributed by atoms with Gasteiger partial charge in [-0.15, -0.1) is 11.3 Å². The summed E-state index contributed by atoms with van der Waals surface area (Å²) in [5, 5.41) is 3.48. The van der Waals surface area contributed by atoms with E-state index in [1.54, 1.807) is 7.11 Å². The number of hydrogen-bond acceptors (Lipinski definition) is 4. The fraction of sp³-hybridized carbons (Fsp3) is 0.714. The molecule has 1 aromatic rings. The number of methoxy groups -OCH3 is 1. The number of nitrogens with zero attached hydrogens (tertiary/aromatic N) is 1. The predicted octanol–water partition coefficient (Wildman–Crippen LogP) is 2.57. The Morgan fingerprint density at radius 1 is 1.33 bits per heavy atom. The van der Waals surface area contributed by atoms with Crippen molar-refractivity contribution in [3.8, 4) is 0 Å². The minimum absolute atomic E-state index is 0.713. The molecule has 0 unspecified atom stereocenters. The molecule has 0 aliphatic carbocycles. The van der Waals surface area contributed by atoms with Gasteiger partial charge in [0, 0.05) is 36.5 Å². The molecule has 4 heteroatoms. The van der Waals surface area contributed by atoms with Crippen LogP contribution in [0.5, 0.6) is 0 Å². The van der Waals surface area contributed by atoms with Crippen molar-refractivity contribution < 1.29 is 4.74 Å². The van der Waals surface area contributed by atoms with Crippen LogP contribution in [-0.4, -0.2) is 38.8 Å². The van der Waals surface area contributed by atoms with Gasteiger partial charge < -0.3 is 10.1 Å². The Morgan fingerprint density at radius 2 is 2.06 bits per heavy atom. The van der Waals surface area contributed by atoms with Gasteiger partial charge in [-0.1, -0.05) is 13.8 Å². The van der Waals surface area contributed by atoms with E-state index in [2.05, 4.69) is 43.2 Å². The molecule has 0 amide bonds. The zero-order valence-corrected chi connectivity index (χ0v) is 12.8. The molecule has 0 fully saturated rings. The van der Waals surface area contributed by atoms with Crippen LogP contribution >= 0.6 is 11.3 Å². The summed E-state index contributed by atoms with van der Waals surface area (Å²) in [5.74, 6) is 0.713. The summed E-state index contributed by atoms with van der Waals surface area (Å²) in [6, 6.07) is 4.47. The van der Waals surface area contributed by atoms with Crippen LogP contribution in [0.3, 0.4) is 0 Å². The van der Waals surface area contributed by atoms with Crippen LogP contribution < -0.4 is 5.32 Å². The van der Waals surface area contributed by atoms with E-state index in [4.69, 9.17) is 4.74 Å². The van der Waals surface area contributed by atoms with Crippen molar-refractivity contribution in [1.82, 2.24) is 10.2 Å².